The predicted octanol–water partition coefficient (Wildman–Crippen LogP) is 3.20. The van der Waals surface area contributed by atoms with Crippen LogP contribution < -0.4 is 5.32 Å². The van der Waals surface area contributed by atoms with E-state index in [2.05, 4.69) is 21.2 Å². The van der Waals surface area contributed by atoms with Gasteiger partial charge < -0.3 is 5.32 Å². The van der Waals surface area contributed by atoms with E-state index >= 15 is 0 Å². The van der Waals surface area contributed by atoms with Gasteiger partial charge >= 0.3 is 6.18 Å². The molecule has 5 heteroatoms. The van der Waals surface area contributed by atoms with Crippen LogP contribution in [0, 0.1) is 0 Å². The van der Waals surface area contributed by atoms with Crippen molar-refractivity contribution in [3.8, 4) is 0 Å². The molecular formula is C10H9BrF3N. The fourth-order valence-electron chi connectivity index (χ4n) is 1.82. The van der Waals surface area contributed by atoms with E-state index in [1.165, 1.54) is 0 Å². The fourth-order valence-corrected chi connectivity index (χ4v) is 2.19. The summed E-state index contributed by atoms with van der Waals surface area (Å²) < 4.78 is 38.7. The van der Waals surface area contributed by atoms with Crippen LogP contribution in [0.3, 0.4) is 0 Å². The van der Waals surface area contributed by atoms with E-state index in [1.807, 2.05) is 0 Å². The Hall–Kier alpha value is -0.550. The highest BCUT2D eigenvalue weighted by atomic mass is 79.9. The normalized spacial score (nSPS) is 21.2. The summed E-state index contributed by atoms with van der Waals surface area (Å²) in [5, 5.41) is 2.50. The molecule has 0 spiro atoms. The van der Waals surface area contributed by atoms with Crippen LogP contribution in [0.1, 0.15) is 17.2 Å². The van der Waals surface area contributed by atoms with E-state index in [4.69, 9.17) is 0 Å². The van der Waals surface area contributed by atoms with Crippen LogP contribution >= 0.6 is 15.9 Å². The highest BCUT2D eigenvalue weighted by Crippen LogP contribution is 2.37. The Balaban J connectivity index is 2.45. The quantitative estimate of drug-likeness (QED) is 0.769. The van der Waals surface area contributed by atoms with Crippen LogP contribution in [0.4, 0.5) is 13.2 Å². The molecule has 82 valence electrons. The van der Waals surface area contributed by atoms with Crippen LogP contribution in [-0.4, -0.2) is 12.7 Å². The maximum Gasteiger partial charge on any atom is 0.407 e. The number of hydrogen-bond donors (Lipinski definition) is 1. The lowest BCUT2D eigenvalue weighted by molar-refractivity contribution is -0.158. The molecule has 0 amide bonds. The second-order valence-electron chi connectivity index (χ2n) is 3.52. The van der Waals surface area contributed by atoms with E-state index in [0.717, 1.165) is 5.56 Å². The summed E-state index contributed by atoms with van der Waals surface area (Å²) in [6.07, 6.45) is -3.58. The highest BCUT2D eigenvalue weighted by Gasteiger charge is 2.42. The molecule has 1 nitrogen and oxygen atoms in total. The molecule has 1 aromatic rings. The summed E-state index contributed by atoms with van der Waals surface area (Å²) in [6.45, 7) is 0.374. The van der Waals surface area contributed by atoms with Crippen molar-refractivity contribution in [2.75, 3.05) is 6.54 Å². The van der Waals surface area contributed by atoms with E-state index in [1.54, 1.807) is 18.2 Å². The van der Waals surface area contributed by atoms with Crippen molar-refractivity contribution in [3.05, 3.63) is 33.8 Å². The van der Waals surface area contributed by atoms with Gasteiger partial charge in [0.25, 0.3) is 0 Å². The van der Waals surface area contributed by atoms with Crippen molar-refractivity contribution in [1.29, 1.82) is 0 Å². The van der Waals surface area contributed by atoms with Gasteiger partial charge in [0.1, 0.15) is 6.04 Å². The summed E-state index contributed by atoms with van der Waals surface area (Å²) in [6, 6.07) is 3.54. The third-order valence-corrected chi connectivity index (χ3v) is 2.98. The van der Waals surface area contributed by atoms with E-state index in [9.17, 15) is 13.2 Å². The molecule has 1 heterocycles. The maximum absolute atomic E-state index is 12.7. The van der Waals surface area contributed by atoms with Crippen LogP contribution in [0.5, 0.6) is 0 Å². The number of rotatable bonds is 0. The number of hydrogen-bond acceptors (Lipinski definition) is 1. The monoisotopic (exact) mass is 279 g/mol. The van der Waals surface area contributed by atoms with Gasteiger partial charge in [0, 0.05) is 11.0 Å². The zero-order valence-corrected chi connectivity index (χ0v) is 9.32. The molecule has 1 aromatic carbocycles. The average Bonchev–Trinajstić information content (AvgIpc) is 2.15. The zero-order valence-electron chi connectivity index (χ0n) is 7.74. The molecule has 0 aromatic heterocycles. The molecule has 0 aliphatic carbocycles. The molecule has 0 saturated carbocycles. The predicted molar refractivity (Wildman–Crippen MR) is 54.6 cm³/mol. The van der Waals surface area contributed by atoms with Gasteiger partial charge in [-0.25, -0.2) is 0 Å². The SMILES string of the molecule is FC(F)(F)[C@@H]1NCCc2ccc(Br)cc21. The van der Waals surface area contributed by atoms with Gasteiger partial charge in [0.05, 0.1) is 0 Å². The largest absolute Gasteiger partial charge is 0.407 e. The van der Waals surface area contributed by atoms with Crippen molar-refractivity contribution >= 4 is 15.9 Å². The van der Waals surface area contributed by atoms with Gasteiger partial charge in [-0.15, -0.1) is 0 Å². The molecule has 0 fully saturated rings. The van der Waals surface area contributed by atoms with Crippen molar-refractivity contribution in [2.45, 2.75) is 18.6 Å². The number of nitrogens with one attached hydrogen (secondary N) is 1. The second kappa shape index (κ2) is 3.79. The third kappa shape index (κ3) is 2.18. The number of alkyl halides is 3. The van der Waals surface area contributed by atoms with Crippen LogP contribution in [0.25, 0.3) is 0 Å². The minimum absolute atomic E-state index is 0.336. The Morgan fingerprint density at radius 3 is 2.73 bits per heavy atom. The molecule has 1 aliphatic heterocycles. The lowest BCUT2D eigenvalue weighted by Crippen LogP contribution is -2.39. The van der Waals surface area contributed by atoms with Crippen molar-refractivity contribution in [3.63, 3.8) is 0 Å². The molecule has 0 radical (unpaired) electrons. The maximum atomic E-state index is 12.7. The van der Waals surface area contributed by atoms with Gasteiger partial charge in [-0.05, 0) is 29.7 Å². The van der Waals surface area contributed by atoms with Crippen LogP contribution in [0.2, 0.25) is 0 Å². The Kier molecular flexibility index (Phi) is 2.77. The smallest absolute Gasteiger partial charge is 0.302 e. The molecule has 1 N–H and O–H groups in total. The molecule has 0 saturated heterocycles. The van der Waals surface area contributed by atoms with Crippen molar-refractivity contribution in [2.24, 2.45) is 0 Å². The van der Waals surface area contributed by atoms with Gasteiger partial charge in [0.15, 0.2) is 0 Å². The third-order valence-electron chi connectivity index (χ3n) is 2.49. The first kappa shape index (κ1) is 11.0. The lowest BCUT2D eigenvalue weighted by Gasteiger charge is -2.28. The van der Waals surface area contributed by atoms with E-state index < -0.39 is 12.2 Å². The Bertz CT molecular complexity index is 375. The topological polar surface area (TPSA) is 12.0 Å². The van der Waals surface area contributed by atoms with Crippen LogP contribution in [-0.2, 0) is 6.42 Å². The van der Waals surface area contributed by atoms with Gasteiger partial charge in [-0.1, -0.05) is 22.0 Å². The summed E-state index contributed by atoms with van der Waals surface area (Å²) in [7, 11) is 0. The first-order chi connectivity index (χ1) is 6.98. The summed E-state index contributed by atoms with van der Waals surface area (Å²) in [5.41, 5.74) is 1.11. The number of fused-ring (bicyclic) bond motifs is 1. The molecule has 15 heavy (non-hydrogen) atoms. The zero-order chi connectivity index (χ0) is 11.1. The second-order valence-corrected chi connectivity index (χ2v) is 4.44. The molecule has 0 bridgehead atoms. The van der Waals surface area contributed by atoms with Gasteiger partial charge in [-0.3, -0.25) is 0 Å². The Morgan fingerprint density at radius 2 is 2.07 bits per heavy atom. The fraction of sp³-hybridized carbons (Fsp3) is 0.400. The number of halogens is 4. The van der Waals surface area contributed by atoms with Gasteiger partial charge in [0.2, 0.25) is 0 Å². The Morgan fingerprint density at radius 1 is 1.33 bits per heavy atom. The highest BCUT2D eigenvalue weighted by molar-refractivity contribution is 9.10. The van der Waals surface area contributed by atoms with Gasteiger partial charge in [-0.2, -0.15) is 13.2 Å². The molecule has 2 rings (SSSR count). The summed E-state index contributed by atoms with van der Waals surface area (Å²) in [5.74, 6) is 0. The standard InChI is InChI=1S/C10H9BrF3N/c11-7-2-1-6-3-4-15-9(8(6)5-7)10(12,13)14/h1-2,5,9,15H,3-4H2/t9-/m1/s1. The lowest BCUT2D eigenvalue weighted by atomic mass is 9.94. The van der Waals surface area contributed by atoms with E-state index in [0.29, 0.717) is 23.0 Å². The number of benzene rings is 1. The molecular weight excluding hydrogens is 271 g/mol. The van der Waals surface area contributed by atoms with E-state index in [-0.39, 0.29) is 0 Å². The molecule has 1 atom stereocenters. The van der Waals surface area contributed by atoms with Crippen molar-refractivity contribution < 1.29 is 13.2 Å². The minimum atomic E-state index is -4.23. The minimum Gasteiger partial charge on any atom is -0.302 e. The first-order valence-corrected chi connectivity index (χ1v) is 5.36. The summed E-state index contributed by atoms with van der Waals surface area (Å²) in [4.78, 5) is 0. The average molecular weight is 280 g/mol. The van der Waals surface area contributed by atoms with Crippen LogP contribution in [0.15, 0.2) is 22.7 Å². The molecule has 0 unspecified atom stereocenters. The first-order valence-electron chi connectivity index (χ1n) is 4.57. The van der Waals surface area contributed by atoms with Crippen molar-refractivity contribution in [1.82, 2.24) is 5.32 Å². The molecule has 1 aliphatic rings. The summed E-state index contributed by atoms with van der Waals surface area (Å²) >= 11 is 3.19. The Labute approximate surface area is 93.8 Å².